The highest BCUT2D eigenvalue weighted by Gasteiger charge is 2.04. The maximum atomic E-state index is 12.2. The Morgan fingerprint density at radius 1 is 1.03 bits per heavy atom. The van der Waals surface area contributed by atoms with Crippen LogP contribution in [0.5, 0.6) is 5.75 Å². The summed E-state index contributed by atoms with van der Waals surface area (Å²) in [7, 11) is 1.63. The number of carbonyl (C=O) groups excluding carboxylic acids is 1. The normalized spacial score (nSPS) is 11.1. The molecule has 3 aromatic rings. The Kier molecular flexibility index (Phi) is 8.68. The first kappa shape index (κ1) is 22.9. The number of methoxy groups -OCH3 is 1. The molecule has 0 fully saturated rings. The van der Waals surface area contributed by atoms with E-state index in [0.717, 1.165) is 30.0 Å². The van der Waals surface area contributed by atoms with Gasteiger partial charge in [0.05, 0.1) is 12.8 Å². The third kappa shape index (κ3) is 7.16. The molecule has 0 atom stereocenters. The van der Waals surface area contributed by atoms with E-state index in [1.807, 2.05) is 48.1 Å². The molecule has 1 amide bonds. The van der Waals surface area contributed by atoms with E-state index >= 15 is 0 Å². The Bertz CT molecular complexity index is 982. The molecule has 8 nitrogen and oxygen atoms in total. The molecule has 0 saturated heterocycles. The van der Waals surface area contributed by atoms with Gasteiger partial charge < -0.3 is 20.7 Å². The Morgan fingerprint density at radius 3 is 2.44 bits per heavy atom. The number of guanidine groups is 1. The molecule has 0 aliphatic rings. The fourth-order valence-electron chi connectivity index (χ4n) is 3.05. The summed E-state index contributed by atoms with van der Waals surface area (Å²) in [6.07, 6.45) is 4.52. The number of hydrogen-bond donors (Lipinski definition) is 3. The lowest BCUT2D eigenvalue weighted by Crippen LogP contribution is -2.39. The van der Waals surface area contributed by atoms with E-state index in [9.17, 15) is 4.79 Å². The molecule has 8 heteroatoms. The first-order chi connectivity index (χ1) is 15.7. The third-order valence-electron chi connectivity index (χ3n) is 4.79. The van der Waals surface area contributed by atoms with Gasteiger partial charge in [0.25, 0.3) is 0 Å². The quantitative estimate of drug-likeness (QED) is 0.336. The summed E-state index contributed by atoms with van der Waals surface area (Å²) in [5.41, 5.74) is 3.25. The van der Waals surface area contributed by atoms with Gasteiger partial charge in [-0.3, -0.25) is 4.79 Å². The van der Waals surface area contributed by atoms with E-state index < -0.39 is 0 Å². The molecule has 1 aromatic heterocycles. The number of nitrogens with zero attached hydrogens (tertiary/aromatic N) is 3. The molecule has 32 heavy (non-hydrogen) atoms. The highest BCUT2D eigenvalue weighted by atomic mass is 16.5. The molecule has 0 aliphatic carbocycles. The van der Waals surface area contributed by atoms with Crippen LogP contribution in [0.15, 0.2) is 72.0 Å². The van der Waals surface area contributed by atoms with Crippen molar-refractivity contribution >= 4 is 11.9 Å². The summed E-state index contributed by atoms with van der Waals surface area (Å²) in [4.78, 5) is 16.6. The number of amides is 1. The van der Waals surface area contributed by atoms with E-state index in [2.05, 4.69) is 50.3 Å². The molecule has 1 heterocycles. The zero-order chi connectivity index (χ0) is 22.6. The van der Waals surface area contributed by atoms with Crippen LogP contribution < -0.4 is 20.7 Å². The van der Waals surface area contributed by atoms with E-state index in [-0.39, 0.29) is 12.5 Å². The lowest BCUT2D eigenvalue weighted by molar-refractivity contribution is -0.119. The molecule has 2 aromatic carbocycles. The van der Waals surface area contributed by atoms with Gasteiger partial charge in [-0.2, -0.15) is 5.10 Å². The third-order valence-corrected chi connectivity index (χ3v) is 4.79. The summed E-state index contributed by atoms with van der Waals surface area (Å²) in [5, 5.41) is 13.6. The number of rotatable bonds is 10. The Hall–Kier alpha value is -3.81. The maximum absolute atomic E-state index is 12.2. The van der Waals surface area contributed by atoms with Crippen LogP contribution >= 0.6 is 0 Å². The summed E-state index contributed by atoms with van der Waals surface area (Å²) in [6, 6.07) is 17.8. The van der Waals surface area contributed by atoms with E-state index in [0.29, 0.717) is 19.0 Å². The first-order valence-electron chi connectivity index (χ1n) is 10.7. The van der Waals surface area contributed by atoms with Crippen molar-refractivity contribution in [1.82, 2.24) is 25.7 Å². The van der Waals surface area contributed by atoms with Gasteiger partial charge in [-0.15, -0.1) is 0 Å². The van der Waals surface area contributed by atoms with Crippen LogP contribution in [0.2, 0.25) is 0 Å². The molecule has 168 valence electrons. The van der Waals surface area contributed by atoms with Crippen LogP contribution in [-0.2, 0) is 17.8 Å². The van der Waals surface area contributed by atoms with Gasteiger partial charge in [0.2, 0.25) is 5.91 Å². The molecule has 0 bridgehead atoms. The first-order valence-corrected chi connectivity index (χ1v) is 10.7. The predicted octanol–water partition coefficient (Wildman–Crippen LogP) is 2.29. The van der Waals surface area contributed by atoms with Crippen LogP contribution in [0.4, 0.5) is 0 Å². The van der Waals surface area contributed by atoms with E-state index in [1.165, 1.54) is 5.56 Å². The lowest BCUT2D eigenvalue weighted by atomic mass is 10.1. The average molecular weight is 435 g/mol. The lowest BCUT2D eigenvalue weighted by Gasteiger charge is -2.12. The summed E-state index contributed by atoms with van der Waals surface area (Å²) in [5.74, 6) is 1.28. The van der Waals surface area contributed by atoms with Crippen molar-refractivity contribution < 1.29 is 9.53 Å². The predicted molar refractivity (Wildman–Crippen MR) is 126 cm³/mol. The van der Waals surface area contributed by atoms with Crippen molar-refractivity contribution in [3.8, 4) is 11.4 Å². The molecule has 0 radical (unpaired) electrons. The van der Waals surface area contributed by atoms with E-state index in [1.54, 1.807) is 13.3 Å². The van der Waals surface area contributed by atoms with Crippen molar-refractivity contribution in [3.63, 3.8) is 0 Å². The molecule has 3 rings (SSSR count). The molecular formula is C24H30N6O2. The molecule has 0 unspecified atom stereocenters. The highest BCUT2D eigenvalue weighted by Crippen LogP contribution is 2.11. The number of hydrogen-bond acceptors (Lipinski definition) is 4. The van der Waals surface area contributed by atoms with E-state index in [4.69, 9.17) is 4.74 Å². The minimum atomic E-state index is -0.132. The van der Waals surface area contributed by atoms with Crippen LogP contribution in [0.1, 0.15) is 18.1 Å². The van der Waals surface area contributed by atoms with Crippen LogP contribution in [0.3, 0.4) is 0 Å². The second kappa shape index (κ2) is 12.1. The van der Waals surface area contributed by atoms with Gasteiger partial charge in [0.15, 0.2) is 5.96 Å². The van der Waals surface area contributed by atoms with Gasteiger partial charge in [0.1, 0.15) is 12.3 Å². The summed E-state index contributed by atoms with van der Waals surface area (Å²) in [6.45, 7) is 3.94. The summed E-state index contributed by atoms with van der Waals surface area (Å²) < 4.78 is 6.97. The number of aromatic nitrogens is 2. The topological polar surface area (TPSA) is 92.6 Å². The minimum Gasteiger partial charge on any atom is -0.497 e. The van der Waals surface area contributed by atoms with Crippen molar-refractivity contribution in [2.24, 2.45) is 4.99 Å². The Morgan fingerprint density at radius 2 is 1.78 bits per heavy atom. The van der Waals surface area contributed by atoms with Gasteiger partial charge in [-0.1, -0.05) is 24.3 Å². The van der Waals surface area contributed by atoms with Crippen LogP contribution in [0.25, 0.3) is 5.69 Å². The zero-order valence-corrected chi connectivity index (χ0v) is 18.5. The van der Waals surface area contributed by atoms with Crippen molar-refractivity contribution in [3.05, 3.63) is 78.1 Å². The molecule has 0 saturated carbocycles. The second-order valence-electron chi connectivity index (χ2n) is 7.11. The maximum Gasteiger partial charge on any atom is 0.242 e. The largest absolute Gasteiger partial charge is 0.497 e. The number of nitrogens with one attached hydrogen (secondary N) is 3. The SMILES string of the molecule is CCNC(=NCC(=O)NCc1ccc(OC)cc1)NCCc1ccc(-n2cccn2)cc1. The number of benzene rings is 2. The number of carbonyl (C=O) groups is 1. The minimum absolute atomic E-state index is 0.0596. The molecule has 0 aliphatic heterocycles. The fourth-order valence-corrected chi connectivity index (χ4v) is 3.05. The van der Waals surface area contributed by atoms with Crippen LogP contribution in [-0.4, -0.2) is 48.4 Å². The second-order valence-corrected chi connectivity index (χ2v) is 7.11. The van der Waals surface area contributed by atoms with Gasteiger partial charge in [-0.05, 0) is 54.8 Å². The Labute approximate surface area is 188 Å². The van der Waals surface area contributed by atoms with Gasteiger partial charge in [-0.25, -0.2) is 9.67 Å². The van der Waals surface area contributed by atoms with Crippen molar-refractivity contribution in [2.75, 3.05) is 26.7 Å². The monoisotopic (exact) mass is 434 g/mol. The molecular weight excluding hydrogens is 404 g/mol. The van der Waals surface area contributed by atoms with Crippen LogP contribution in [0, 0.1) is 0 Å². The van der Waals surface area contributed by atoms with Gasteiger partial charge in [0, 0.05) is 32.0 Å². The fraction of sp³-hybridized carbons (Fsp3) is 0.292. The van der Waals surface area contributed by atoms with Crippen molar-refractivity contribution in [2.45, 2.75) is 19.9 Å². The Balaban J connectivity index is 1.43. The molecule has 3 N–H and O–H groups in total. The standard InChI is InChI=1S/C24H30N6O2/c1-3-25-24(28-18-23(31)27-17-20-7-11-22(32-2)12-8-20)26-15-13-19-5-9-21(10-6-19)30-16-4-14-29-30/h4-12,14,16H,3,13,15,17-18H2,1-2H3,(H,27,31)(H2,25,26,28). The van der Waals surface area contributed by atoms with Gasteiger partial charge >= 0.3 is 0 Å². The molecule has 0 spiro atoms. The average Bonchev–Trinajstić information content (AvgIpc) is 3.37. The summed E-state index contributed by atoms with van der Waals surface area (Å²) >= 11 is 0. The number of ether oxygens (including phenoxy) is 1. The number of aliphatic imine (C=N–C) groups is 1. The zero-order valence-electron chi connectivity index (χ0n) is 18.5. The highest BCUT2D eigenvalue weighted by molar-refractivity contribution is 5.84. The van der Waals surface area contributed by atoms with Crippen molar-refractivity contribution in [1.29, 1.82) is 0 Å². The smallest absolute Gasteiger partial charge is 0.242 e.